The van der Waals surface area contributed by atoms with E-state index in [-0.39, 0.29) is 35.6 Å². The lowest BCUT2D eigenvalue weighted by molar-refractivity contribution is -0.137. The Kier molecular flexibility index (Phi) is 6.29. The third kappa shape index (κ3) is 4.57. The number of hydrogen-bond donors (Lipinski definition) is 1. The summed E-state index contributed by atoms with van der Waals surface area (Å²) in [5, 5.41) is 8.18. The van der Waals surface area contributed by atoms with Gasteiger partial charge in [-0.2, -0.15) is 5.10 Å². The number of benzene rings is 1. The standard InChI is InChI=1S/C29H28BrN7O3/c1-15-5-8-25(30)33-27(15)34-28(40)23-11-29(4)12-24(29)36(23)26(39)10-21-20-7-6-18(19-13-31-16(2)32-14-19)9-22(20)37(35-21)17(3)38/h5-9,13-14,23-24H,10-12H2,1-4H3,(H,33,34,40)/t23-,24+,29-/m0/s1. The highest BCUT2D eigenvalue weighted by Gasteiger charge is 2.64. The summed E-state index contributed by atoms with van der Waals surface area (Å²) >= 11 is 3.35. The van der Waals surface area contributed by atoms with Gasteiger partial charge in [-0.05, 0) is 71.3 Å². The van der Waals surface area contributed by atoms with E-state index in [0.29, 0.717) is 39.3 Å². The summed E-state index contributed by atoms with van der Waals surface area (Å²) < 4.78 is 1.95. The summed E-state index contributed by atoms with van der Waals surface area (Å²) in [5.74, 6) is 0.448. The molecule has 1 saturated carbocycles. The Morgan fingerprint density at radius 1 is 1.07 bits per heavy atom. The Morgan fingerprint density at radius 2 is 1.82 bits per heavy atom. The van der Waals surface area contributed by atoms with Crippen molar-refractivity contribution in [2.45, 2.75) is 59.0 Å². The summed E-state index contributed by atoms with van der Waals surface area (Å²) in [6.45, 7) is 7.25. The highest BCUT2D eigenvalue weighted by molar-refractivity contribution is 9.10. The second kappa shape index (κ2) is 9.58. The third-order valence-electron chi connectivity index (χ3n) is 8.02. The smallest absolute Gasteiger partial charge is 0.248 e. The second-order valence-electron chi connectivity index (χ2n) is 11.0. The Hall–Kier alpha value is -3.99. The minimum atomic E-state index is -0.606. The molecule has 40 heavy (non-hydrogen) atoms. The van der Waals surface area contributed by atoms with E-state index < -0.39 is 6.04 Å². The number of anilines is 1. The molecule has 1 aliphatic heterocycles. The Morgan fingerprint density at radius 3 is 2.55 bits per heavy atom. The van der Waals surface area contributed by atoms with Crippen molar-refractivity contribution >= 4 is 50.4 Å². The van der Waals surface area contributed by atoms with Crippen LogP contribution in [0.15, 0.2) is 47.3 Å². The van der Waals surface area contributed by atoms with Crippen LogP contribution in [0, 0.1) is 19.3 Å². The number of hydrogen-bond acceptors (Lipinski definition) is 7. The van der Waals surface area contributed by atoms with Gasteiger partial charge in [0.25, 0.3) is 0 Å². The molecule has 4 aromatic rings. The van der Waals surface area contributed by atoms with Gasteiger partial charge in [-0.3, -0.25) is 14.4 Å². The fraction of sp³-hybridized carbons (Fsp3) is 0.345. The van der Waals surface area contributed by atoms with Crippen LogP contribution in [0.3, 0.4) is 0 Å². The topological polar surface area (TPSA) is 123 Å². The first-order valence-corrected chi connectivity index (χ1v) is 13.9. The summed E-state index contributed by atoms with van der Waals surface area (Å²) in [4.78, 5) is 54.3. The molecule has 10 nitrogen and oxygen atoms in total. The molecule has 1 saturated heterocycles. The molecule has 11 heteroatoms. The number of amides is 2. The highest BCUT2D eigenvalue weighted by atomic mass is 79.9. The van der Waals surface area contributed by atoms with E-state index in [1.54, 1.807) is 17.3 Å². The summed E-state index contributed by atoms with van der Waals surface area (Å²) in [5.41, 5.74) is 3.52. The number of nitrogens with zero attached hydrogens (tertiary/aromatic N) is 6. The minimum absolute atomic E-state index is 0.00149. The number of fused-ring (bicyclic) bond motifs is 2. The third-order valence-corrected chi connectivity index (χ3v) is 8.46. The molecule has 0 unspecified atom stereocenters. The molecule has 6 rings (SSSR count). The van der Waals surface area contributed by atoms with Crippen LogP contribution in [0.1, 0.15) is 48.6 Å². The molecule has 4 heterocycles. The number of piperidine rings is 1. The van der Waals surface area contributed by atoms with E-state index in [2.05, 4.69) is 48.2 Å². The van der Waals surface area contributed by atoms with E-state index in [9.17, 15) is 14.4 Å². The number of nitrogens with one attached hydrogen (secondary N) is 1. The quantitative estimate of drug-likeness (QED) is 0.334. The fourth-order valence-electron chi connectivity index (χ4n) is 5.70. The van der Waals surface area contributed by atoms with Crippen molar-refractivity contribution in [1.29, 1.82) is 0 Å². The molecule has 3 atom stereocenters. The largest absolute Gasteiger partial charge is 0.327 e. The van der Waals surface area contributed by atoms with Gasteiger partial charge in [-0.15, -0.1) is 0 Å². The van der Waals surface area contributed by atoms with Gasteiger partial charge in [0, 0.05) is 36.3 Å². The highest BCUT2D eigenvalue weighted by Crippen LogP contribution is 2.59. The van der Waals surface area contributed by atoms with E-state index in [1.807, 2.05) is 44.2 Å². The Balaban J connectivity index is 1.29. The van der Waals surface area contributed by atoms with Gasteiger partial charge in [-0.25, -0.2) is 19.6 Å². The molecule has 0 radical (unpaired) electrons. The zero-order valence-electron chi connectivity index (χ0n) is 22.6. The van der Waals surface area contributed by atoms with Crippen LogP contribution < -0.4 is 5.32 Å². The van der Waals surface area contributed by atoms with Crippen LogP contribution in [0.4, 0.5) is 5.82 Å². The van der Waals surface area contributed by atoms with Crippen molar-refractivity contribution in [2.24, 2.45) is 5.41 Å². The van der Waals surface area contributed by atoms with Gasteiger partial charge in [0.2, 0.25) is 17.7 Å². The summed E-state index contributed by atoms with van der Waals surface area (Å²) in [6, 6.07) is 8.73. The molecular formula is C29H28BrN7O3. The lowest BCUT2D eigenvalue weighted by Gasteiger charge is -2.26. The maximum atomic E-state index is 13.8. The maximum Gasteiger partial charge on any atom is 0.248 e. The molecule has 2 fully saturated rings. The lowest BCUT2D eigenvalue weighted by Crippen LogP contribution is -2.46. The zero-order chi connectivity index (χ0) is 28.3. The van der Waals surface area contributed by atoms with Gasteiger partial charge in [0.05, 0.1) is 17.6 Å². The molecule has 2 aliphatic rings. The van der Waals surface area contributed by atoms with Crippen LogP contribution in [-0.2, 0) is 16.0 Å². The maximum absolute atomic E-state index is 13.8. The van der Waals surface area contributed by atoms with Crippen molar-refractivity contribution in [3.05, 3.63) is 64.4 Å². The van der Waals surface area contributed by atoms with E-state index in [1.165, 1.54) is 11.6 Å². The average molecular weight is 602 g/mol. The predicted molar refractivity (Wildman–Crippen MR) is 153 cm³/mol. The van der Waals surface area contributed by atoms with E-state index in [0.717, 1.165) is 23.1 Å². The SMILES string of the molecule is CC(=O)n1nc(CC(=O)N2[C@H](C(=O)Nc3nc(Br)ccc3C)C[C@@]3(C)C[C@@H]23)c2ccc(-c3cnc(C)nc3)cc21. The van der Waals surface area contributed by atoms with Gasteiger partial charge < -0.3 is 10.2 Å². The molecule has 1 aromatic carbocycles. The van der Waals surface area contributed by atoms with Crippen LogP contribution in [0.5, 0.6) is 0 Å². The second-order valence-corrected chi connectivity index (χ2v) is 11.8. The van der Waals surface area contributed by atoms with Crippen molar-refractivity contribution in [1.82, 2.24) is 29.6 Å². The van der Waals surface area contributed by atoms with Crippen LogP contribution >= 0.6 is 15.9 Å². The van der Waals surface area contributed by atoms with Gasteiger partial charge >= 0.3 is 0 Å². The molecule has 0 spiro atoms. The van der Waals surface area contributed by atoms with Crippen LogP contribution in [0.2, 0.25) is 0 Å². The fourth-order valence-corrected chi connectivity index (χ4v) is 6.01. The number of carbonyl (C=O) groups excluding carboxylic acids is 3. The number of likely N-dealkylation sites (tertiary alicyclic amines) is 1. The van der Waals surface area contributed by atoms with E-state index >= 15 is 0 Å². The average Bonchev–Trinajstić information content (AvgIpc) is 3.28. The number of aromatic nitrogens is 5. The van der Waals surface area contributed by atoms with Gasteiger partial charge in [0.15, 0.2) is 0 Å². The zero-order valence-corrected chi connectivity index (χ0v) is 24.2. The lowest BCUT2D eigenvalue weighted by atomic mass is 10.0. The number of pyridine rings is 1. The molecule has 0 bridgehead atoms. The summed E-state index contributed by atoms with van der Waals surface area (Å²) in [7, 11) is 0. The first kappa shape index (κ1) is 26.2. The van der Waals surface area contributed by atoms with Crippen LogP contribution in [-0.4, -0.2) is 59.4 Å². The Labute approximate surface area is 239 Å². The van der Waals surface area contributed by atoms with Crippen LogP contribution in [0.25, 0.3) is 22.0 Å². The number of halogens is 1. The molecular weight excluding hydrogens is 574 g/mol. The monoisotopic (exact) mass is 601 g/mol. The van der Waals surface area contributed by atoms with Crippen molar-refractivity contribution < 1.29 is 14.4 Å². The molecule has 1 aliphatic carbocycles. The number of rotatable bonds is 5. The van der Waals surface area contributed by atoms with E-state index in [4.69, 9.17) is 0 Å². The molecule has 1 N–H and O–H groups in total. The Bertz CT molecular complexity index is 1700. The first-order chi connectivity index (χ1) is 19.0. The predicted octanol–water partition coefficient (Wildman–Crippen LogP) is 4.49. The normalized spacial score (nSPS) is 21.4. The minimum Gasteiger partial charge on any atom is -0.327 e. The number of aryl methyl sites for hydroxylation is 2. The first-order valence-electron chi connectivity index (χ1n) is 13.1. The molecule has 204 valence electrons. The number of carbonyl (C=O) groups is 3. The molecule has 3 aromatic heterocycles. The summed E-state index contributed by atoms with van der Waals surface area (Å²) in [6.07, 6.45) is 4.90. The van der Waals surface area contributed by atoms with Crippen molar-refractivity contribution in [2.75, 3.05) is 5.32 Å². The van der Waals surface area contributed by atoms with Crippen molar-refractivity contribution in [3.8, 4) is 11.1 Å². The van der Waals surface area contributed by atoms with Gasteiger partial charge in [-0.1, -0.05) is 25.1 Å². The van der Waals surface area contributed by atoms with Crippen molar-refractivity contribution in [3.63, 3.8) is 0 Å². The molecule has 2 amide bonds. The van der Waals surface area contributed by atoms with Gasteiger partial charge in [0.1, 0.15) is 22.3 Å².